The Balaban J connectivity index is 2.90. The molecule has 1 amide bonds. The van der Waals surface area contributed by atoms with Gasteiger partial charge in [0.15, 0.2) is 6.29 Å². The van der Waals surface area contributed by atoms with E-state index in [1.165, 1.54) is 0 Å². The fourth-order valence-electron chi connectivity index (χ4n) is 1.82. The number of rotatable bonds is 2. The average Bonchev–Trinajstić information content (AvgIpc) is 2.38. The first kappa shape index (κ1) is 11.8. The van der Waals surface area contributed by atoms with Gasteiger partial charge in [0.05, 0.1) is 0 Å². The molecule has 0 unspecified atom stereocenters. The number of hydrogen-bond donors (Lipinski definition) is 1. The summed E-state index contributed by atoms with van der Waals surface area (Å²) in [5, 5.41) is 4.11. The lowest BCUT2D eigenvalue weighted by molar-refractivity contribution is 0.0964. The summed E-state index contributed by atoms with van der Waals surface area (Å²) >= 11 is 3.42. The Morgan fingerprint density at radius 3 is 2.71 bits per heavy atom. The third-order valence-corrected chi connectivity index (χ3v) is 3.31. The first-order valence-corrected chi connectivity index (χ1v) is 5.87. The van der Waals surface area contributed by atoms with Crippen molar-refractivity contribution in [1.82, 2.24) is 5.32 Å². The highest BCUT2D eigenvalue weighted by atomic mass is 79.9. The van der Waals surface area contributed by atoms with Gasteiger partial charge in [-0.2, -0.15) is 0 Å². The van der Waals surface area contributed by atoms with E-state index in [2.05, 4.69) is 21.2 Å². The minimum absolute atomic E-state index is 0.197. The summed E-state index contributed by atoms with van der Waals surface area (Å²) in [6.45, 7) is 0. The summed E-state index contributed by atoms with van der Waals surface area (Å²) in [6.07, 6.45) is 0.765. The SMILES string of the molecule is CNC(=O)c1ccc(Br)c2cccc(C=O)c12. The first-order chi connectivity index (χ1) is 8.19. The minimum Gasteiger partial charge on any atom is -0.355 e. The van der Waals surface area contributed by atoms with Gasteiger partial charge >= 0.3 is 0 Å². The fourth-order valence-corrected chi connectivity index (χ4v) is 2.28. The molecule has 86 valence electrons. The molecule has 0 heterocycles. The second kappa shape index (κ2) is 4.67. The Morgan fingerprint density at radius 2 is 2.06 bits per heavy atom. The van der Waals surface area contributed by atoms with Crippen molar-refractivity contribution in [3.05, 3.63) is 45.9 Å². The van der Waals surface area contributed by atoms with Crippen LogP contribution in [0.3, 0.4) is 0 Å². The van der Waals surface area contributed by atoms with Gasteiger partial charge in [-0.05, 0) is 17.5 Å². The molecule has 2 rings (SSSR count). The number of amides is 1. The topological polar surface area (TPSA) is 46.2 Å². The number of carbonyl (C=O) groups excluding carboxylic acids is 2. The zero-order valence-corrected chi connectivity index (χ0v) is 10.7. The third kappa shape index (κ3) is 1.96. The summed E-state index contributed by atoms with van der Waals surface area (Å²) < 4.78 is 0.865. The van der Waals surface area contributed by atoms with Gasteiger partial charge in [-0.25, -0.2) is 0 Å². The molecular formula is C13H10BrNO2. The summed E-state index contributed by atoms with van der Waals surface area (Å²) in [5.74, 6) is -0.197. The van der Waals surface area contributed by atoms with Crippen LogP contribution < -0.4 is 5.32 Å². The van der Waals surface area contributed by atoms with Gasteiger partial charge in [-0.1, -0.05) is 34.1 Å². The van der Waals surface area contributed by atoms with E-state index in [0.717, 1.165) is 16.1 Å². The molecule has 0 aliphatic heterocycles. The highest BCUT2D eigenvalue weighted by Crippen LogP contribution is 2.29. The van der Waals surface area contributed by atoms with Crippen molar-refractivity contribution < 1.29 is 9.59 Å². The molecular weight excluding hydrogens is 282 g/mol. The molecule has 0 radical (unpaired) electrons. The Bertz CT molecular complexity index is 608. The van der Waals surface area contributed by atoms with Crippen molar-refractivity contribution in [3.8, 4) is 0 Å². The number of aldehydes is 1. The second-order valence-electron chi connectivity index (χ2n) is 3.56. The van der Waals surface area contributed by atoms with Crippen molar-refractivity contribution in [2.75, 3.05) is 7.05 Å². The van der Waals surface area contributed by atoms with E-state index in [9.17, 15) is 9.59 Å². The van der Waals surface area contributed by atoms with Crippen LogP contribution in [0.5, 0.6) is 0 Å². The lowest BCUT2D eigenvalue weighted by Crippen LogP contribution is -2.18. The molecule has 0 spiro atoms. The lowest BCUT2D eigenvalue weighted by Gasteiger charge is -2.09. The first-order valence-electron chi connectivity index (χ1n) is 5.07. The highest BCUT2D eigenvalue weighted by molar-refractivity contribution is 9.10. The molecule has 0 fully saturated rings. The summed E-state index contributed by atoms with van der Waals surface area (Å²) in [4.78, 5) is 22.8. The predicted molar refractivity (Wildman–Crippen MR) is 70.4 cm³/mol. The van der Waals surface area contributed by atoms with Crippen LogP contribution in [-0.2, 0) is 0 Å². The van der Waals surface area contributed by atoms with Gasteiger partial charge < -0.3 is 5.32 Å². The van der Waals surface area contributed by atoms with Crippen LogP contribution in [0.1, 0.15) is 20.7 Å². The molecule has 0 atom stereocenters. The van der Waals surface area contributed by atoms with Crippen molar-refractivity contribution in [2.24, 2.45) is 0 Å². The van der Waals surface area contributed by atoms with E-state index in [0.29, 0.717) is 16.5 Å². The molecule has 1 N–H and O–H groups in total. The number of benzene rings is 2. The van der Waals surface area contributed by atoms with Crippen LogP contribution in [0.4, 0.5) is 0 Å². The maximum Gasteiger partial charge on any atom is 0.251 e. The van der Waals surface area contributed by atoms with E-state index in [1.807, 2.05) is 12.1 Å². The van der Waals surface area contributed by atoms with Crippen LogP contribution in [0.25, 0.3) is 10.8 Å². The quantitative estimate of drug-likeness (QED) is 0.865. The maximum atomic E-state index is 11.8. The van der Waals surface area contributed by atoms with Gasteiger partial charge in [0.25, 0.3) is 5.91 Å². The molecule has 2 aromatic carbocycles. The zero-order chi connectivity index (χ0) is 12.4. The molecule has 4 heteroatoms. The van der Waals surface area contributed by atoms with Crippen molar-refractivity contribution in [2.45, 2.75) is 0 Å². The molecule has 2 aromatic rings. The van der Waals surface area contributed by atoms with Crippen LogP contribution in [0, 0.1) is 0 Å². The smallest absolute Gasteiger partial charge is 0.251 e. The summed E-state index contributed by atoms with van der Waals surface area (Å²) in [6, 6.07) is 8.89. The number of fused-ring (bicyclic) bond motifs is 1. The van der Waals surface area contributed by atoms with Crippen molar-refractivity contribution >= 4 is 38.9 Å². The van der Waals surface area contributed by atoms with Gasteiger partial charge in [0.2, 0.25) is 0 Å². The zero-order valence-electron chi connectivity index (χ0n) is 9.16. The standard InChI is InChI=1S/C13H10BrNO2/c1-15-13(17)10-5-6-11(14)9-4-2-3-8(7-16)12(9)10/h2-7H,1H3,(H,15,17). The highest BCUT2D eigenvalue weighted by Gasteiger charge is 2.13. The second-order valence-corrected chi connectivity index (χ2v) is 4.42. The van der Waals surface area contributed by atoms with Gasteiger partial charge in [0.1, 0.15) is 0 Å². The Hall–Kier alpha value is -1.68. The third-order valence-electron chi connectivity index (χ3n) is 2.62. The predicted octanol–water partition coefficient (Wildman–Crippen LogP) is 2.77. The molecule has 17 heavy (non-hydrogen) atoms. The molecule has 0 saturated heterocycles. The largest absolute Gasteiger partial charge is 0.355 e. The van der Waals surface area contributed by atoms with E-state index in [4.69, 9.17) is 0 Å². The number of nitrogens with one attached hydrogen (secondary N) is 1. The van der Waals surface area contributed by atoms with Gasteiger partial charge in [0, 0.05) is 28.0 Å². The van der Waals surface area contributed by atoms with E-state index < -0.39 is 0 Å². The van der Waals surface area contributed by atoms with Gasteiger partial charge in [-0.3, -0.25) is 9.59 Å². The number of hydrogen-bond acceptors (Lipinski definition) is 2. The molecule has 0 aliphatic rings. The van der Waals surface area contributed by atoms with Crippen LogP contribution >= 0.6 is 15.9 Å². The van der Waals surface area contributed by atoms with Crippen molar-refractivity contribution in [1.29, 1.82) is 0 Å². The van der Waals surface area contributed by atoms with Crippen LogP contribution in [0.2, 0.25) is 0 Å². The van der Waals surface area contributed by atoms with E-state index in [-0.39, 0.29) is 5.91 Å². The minimum atomic E-state index is -0.197. The number of carbonyl (C=O) groups is 2. The Kier molecular flexibility index (Phi) is 3.24. The average molecular weight is 292 g/mol. The maximum absolute atomic E-state index is 11.8. The molecule has 0 aliphatic carbocycles. The molecule has 0 bridgehead atoms. The summed E-state index contributed by atoms with van der Waals surface area (Å²) in [7, 11) is 1.57. The Labute approximate surface area is 107 Å². The Morgan fingerprint density at radius 1 is 1.29 bits per heavy atom. The summed E-state index contributed by atoms with van der Waals surface area (Å²) in [5.41, 5.74) is 1.02. The van der Waals surface area contributed by atoms with E-state index >= 15 is 0 Å². The van der Waals surface area contributed by atoms with Crippen LogP contribution in [0.15, 0.2) is 34.8 Å². The normalized spacial score (nSPS) is 10.2. The molecule has 0 saturated carbocycles. The molecule has 0 aromatic heterocycles. The monoisotopic (exact) mass is 291 g/mol. The molecule has 3 nitrogen and oxygen atoms in total. The van der Waals surface area contributed by atoms with Crippen molar-refractivity contribution in [3.63, 3.8) is 0 Å². The van der Waals surface area contributed by atoms with E-state index in [1.54, 1.807) is 25.2 Å². The van der Waals surface area contributed by atoms with Gasteiger partial charge in [-0.15, -0.1) is 0 Å². The fraction of sp³-hybridized carbons (Fsp3) is 0.0769. The van der Waals surface area contributed by atoms with Crippen LogP contribution in [-0.4, -0.2) is 19.2 Å². The number of halogens is 1. The lowest BCUT2D eigenvalue weighted by atomic mass is 9.99.